The number of hydrogen-bond donors (Lipinski definition) is 3. The molecule has 0 saturated heterocycles. The van der Waals surface area contributed by atoms with Crippen LogP contribution in [0.15, 0.2) is 72.5 Å². The molecule has 0 bridgehead atoms. The van der Waals surface area contributed by atoms with E-state index >= 15 is 8.78 Å². The standard InChI is InChI=1S/C26H26F4N4O/c1-17-5-7-21(13-18(17)2)8-9-22-10-12-24(33-14-22)26(29,30)25(35,15-34(32)16-31)23(20(4)28)11-6-19(3)27/h5-7,10-14,16,31,35H,3,15,32H2,1-2,4H3/b11-6-,23-20-,31-16?. The van der Waals surface area contributed by atoms with Gasteiger partial charge in [-0.05, 0) is 62.2 Å². The third-order valence-corrected chi connectivity index (χ3v) is 5.29. The highest BCUT2D eigenvalue weighted by Crippen LogP contribution is 2.44. The highest BCUT2D eigenvalue weighted by atomic mass is 19.3. The van der Waals surface area contributed by atoms with Gasteiger partial charge in [-0.25, -0.2) is 14.6 Å². The first-order valence-electron chi connectivity index (χ1n) is 10.4. The van der Waals surface area contributed by atoms with Crippen LogP contribution >= 0.6 is 0 Å². The Balaban J connectivity index is 2.51. The van der Waals surface area contributed by atoms with E-state index in [1.165, 1.54) is 6.07 Å². The fourth-order valence-electron chi connectivity index (χ4n) is 3.20. The SMILES string of the molecule is C=C(F)/C=C\C(=C(/C)F)C(O)(CN(N)C=N)C(F)(F)c1ccc(C#Cc2ccc(C)c(C)c2)cn1. The number of halogens is 4. The Hall–Kier alpha value is -3.74. The molecule has 5 nitrogen and oxygen atoms in total. The highest BCUT2D eigenvalue weighted by Gasteiger charge is 2.58. The zero-order chi connectivity index (χ0) is 26.4. The summed E-state index contributed by atoms with van der Waals surface area (Å²) < 4.78 is 58.8. The number of alkyl halides is 2. The molecule has 1 atom stereocenters. The lowest BCUT2D eigenvalue weighted by molar-refractivity contribution is -0.174. The van der Waals surface area contributed by atoms with Gasteiger partial charge in [-0.3, -0.25) is 15.4 Å². The number of nitrogens with one attached hydrogen (secondary N) is 1. The number of aryl methyl sites for hydroxylation is 2. The van der Waals surface area contributed by atoms with Gasteiger partial charge in [0.2, 0.25) is 0 Å². The number of rotatable bonds is 8. The normalized spacial score (nSPS) is 14.0. The van der Waals surface area contributed by atoms with Crippen molar-refractivity contribution in [2.45, 2.75) is 32.3 Å². The second kappa shape index (κ2) is 11.1. The van der Waals surface area contributed by atoms with E-state index < -0.39 is 41.0 Å². The molecular weight excluding hydrogens is 460 g/mol. The third kappa shape index (κ3) is 6.44. The lowest BCUT2D eigenvalue weighted by atomic mass is 9.83. The Morgan fingerprint density at radius 2 is 1.77 bits per heavy atom. The van der Waals surface area contributed by atoms with Crippen LogP contribution in [0.5, 0.6) is 0 Å². The Morgan fingerprint density at radius 1 is 1.14 bits per heavy atom. The summed E-state index contributed by atoms with van der Waals surface area (Å²) in [4.78, 5) is 3.74. The average Bonchev–Trinajstić information content (AvgIpc) is 2.79. The van der Waals surface area contributed by atoms with Crippen molar-refractivity contribution in [1.29, 1.82) is 5.41 Å². The van der Waals surface area contributed by atoms with Crippen LogP contribution in [0.4, 0.5) is 17.6 Å². The summed E-state index contributed by atoms with van der Waals surface area (Å²) in [6.07, 6.45) is 2.85. The van der Waals surface area contributed by atoms with Gasteiger partial charge in [-0.15, -0.1) is 0 Å². The van der Waals surface area contributed by atoms with Gasteiger partial charge in [-0.1, -0.05) is 30.6 Å². The van der Waals surface area contributed by atoms with Crippen LogP contribution in [-0.4, -0.2) is 33.6 Å². The fraction of sp³-hybridized carbons (Fsp3) is 0.231. The molecule has 1 heterocycles. The van der Waals surface area contributed by atoms with Crippen LogP contribution in [0.2, 0.25) is 0 Å². The summed E-state index contributed by atoms with van der Waals surface area (Å²) >= 11 is 0. The van der Waals surface area contributed by atoms with E-state index in [0.717, 1.165) is 35.9 Å². The lowest BCUT2D eigenvalue weighted by Gasteiger charge is -2.38. The van der Waals surface area contributed by atoms with Crippen LogP contribution < -0.4 is 5.84 Å². The molecule has 0 saturated carbocycles. The number of aromatic nitrogens is 1. The van der Waals surface area contributed by atoms with E-state index in [4.69, 9.17) is 11.3 Å². The van der Waals surface area contributed by atoms with E-state index in [1.54, 1.807) is 0 Å². The molecule has 2 rings (SSSR count). The first kappa shape index (κ1) is 27.5. The van der Waals surface area contributed by atoms with Crippen molar-refractivity contribution < 1.29 is 22.7 Å². The molecule has 0 spiro atoms. The molecule has 0 fully saturated rings. The van der Waals surface area contributed by atoms with E-state index in [9.17, 15) is 13.9 Å². The molecule has 9 heteroatoms. The predicted octanol–water partition coefficient (Wildman–Crippen LogP) is 4.99. The zero-order valence-corrected chi connectivity index (χ0v) is 19.5. The van der Waals surface area contributed by atoms with Crippen molar-refractivity contribution >= 4 is 6.34 Å². The van der Waals surface area contributed by atoms with Crippen molar-refractivity contribution in [1.82, 2.24) is 9.99 Å². The monoisotopic (exact) mass is 486 g/mol. The maximum absolute atomic E-state index is 15.6. The van der Waals surface area contributed by atoms with Crippen molar-refractivity contribution in [3.05, 3.63) is 100 Å². The molecule has 1 aromatic carbocycles. The second-order valence-electron chi connectivity index (χ2n) is 7.94. The van der Waals surface area contributed by atoms with Gasteiger partial charge in [-0.2, -0.15) is 8.78 Å². The number of aliphatic hydroxyl groups is 1. The van der Waals surface area contributed by atoms with Crippen LogP contribution in [0.25, 0.3) is 0 Å². The summed E-state index contributed by atoms with van der Waals surface area (Å²) in [5, 5.41) is 18.7. The maximum atomic E-state index is 15.6. The molecule has 1 unspecified atom stereocenters. The molecule has 0 amide bonds. The molecule has 184 valence electrons. The van der Waals surface area contributed by atoms with E-state index in [-0.39, 0.29) is 0 Å². The molecule has 0 aliphatic heterocycles. The van der Waals surface area contributed by atoms with Crippen molar-refractivity contribution in [2.24, 2.45) is 5.84 Å². The Labute approximate surface area is 201 Å². The number of pyridine rings is 1. The van der Waals surface area contributed by atoms with Gasteiger partial charge in [0.1, 0.15) is 17.3 Å². The van der Waals surface area contributed by atoms with Gasteiger partial charge >= 0.3 is 5.92 Å². The molecular formula is C26H26F4N4O. The summed E-state index contributed by atoms with van der Waals surface area (Å²) in [6, 6.07) is 7.88. The molecule has 0 aliphatic carbocycles. The van der Waals surface area contributed by atoms with Crippen molar-refractivity contribution in [3.8, 4) is 11.8 Å². The van der Waals surface area contributed by atoms with Crippen molar-refractivity contribution in [3.63, 3.8) is 0 Å². The van der Waals surface area contributed by atoms with Gasteiger partial charge < -0.3 is 5.11 Å². The quantitative estimate of drug-likeness (QED) is 0.0934. The summed E-state index contributed by atoms with van der Waals surface area (Å²) in [7, 11) is 0. The molecule has 4 N–H and O–H groups in total. The van der Waals surface area contributed by atoms with Crippen LogP contribution in [0, 0.1) is 31.1 Å². The Morgan fingerprint density at radius 3 is 2.29 bits per heavy atom. The van der Waals surface area contributed by atoms with Crippen molar-refractivity contribution in [2.75, 3.05) is 6.54 Å². The van der Waals surface area contributed by atoms with Gasteiger partial charge in [0, 0.05) is 22.9 Å². The summed E-state index contributed by atoms with van der Waals surface area (Å²) in [6.45, 7) is 6.60. The van der Waals surface area contributed by atoms with Gasteiger partial charge in [0.15, 0.2) is 5.60 Å². The minimum atomic E-state index is -4.21. The molecule has 1 aromatic heterocycles. The van der Waals surface area contributed by atoms with Gasteiger partial charge in [0.25, 0.3) is 0 Å². The lowest BCUT2D eigenvalue weighted by Crippen LogP contribution is -2.56. The Kier molecular flexibility index (Phi) is 8.74. The van der Waals surface area contributed by atoms with Crippen LogP contribution in [0.1, 0.15) is 34.9 Å². The maximum Gasteiger partial charge on any atom is 0.323 e. The zero-order valence-electron chi connectivity index (χ0n) is 19.5. The molecule has 0 aliphatic rings. The Bertz CT molecular complexity index is 1220. The minimum absolute atomic E-state index is 0.331. The summed E-state index contributed by atoms with van der Waals surface area (Å²) in [5.41, 5.74) is -1.93. The first-order chi connectivity index (χ1) is 16.3. The van der Waals surface area contributed by atoms with Gasteiger partial charge in [0.05, 0.1) is 12.9 Å². The number of nitrogens with two attached hydrogens (primary N) is 1. The van der Waals surface area contributed by atoms with E-state index in [0.29, 0.717) is 29.1 Å². The largest absolute Gasteiger partial charge is 0.377 e. The smallest absolute Gasteiger partial charge is 0.323 e. The first-order valence-corrected chi connectivity index (χ1v) is 10.4. The number of hydrazine groups is 1. The third-order valence-electron chi connectivity index (χ3n) is 5.29. The number of allylic oxidation sites excluding steroid dienone is 3. The van der Waals surface area contributed by atoms with Crippen LogP contribution in [0.3, 0.4) is 0 Å². The minimum Gasteiger partial charge on any atom is -0.377 e. The second-order valence-corrected chi connectivity index (χ2v) is 7.94. The molecule has 0 radical (unpaired) electrons. The molecule has 35 heavy (non-hydrogen) atoms. The topological polar surface area (TPSA) is 86.2 Å². The fourth-order valence-corrected chi connectivity index (χ4v) is 3.20. The van der Waals surface area contributed by atoms with Crippen LogP contribution in [-0.2, 0) is 5.92 Å². The van der Waals surface area contributed by atoms with E-state index in [2.05, 4.69) is 23.4 Å². The number of nitrogens with zero attached hydrogens (tertiary/aromatic N) is 2. The number of hydrogen-bond acceptors (Lipinski definition) is 4. The molecule has 2 aromatic rings. The van der Waals surface area contributed by atoms with E-state index in [1.807, 2.05) is 32.0 Å². The summed E-state index contributed by atoms with van der Waals surface area (Å²) in [5.74, 6) is 4.76. The predicted molar refractivity (Wildman–Crippen MR) is 128 cm³/mol. The number of benzene rings is 1. The average molecular weight is 487 g/mol. The highest BCUT2D eigenvalue weighted by molar-refractivity contribution is 5.51.